The van der Waals surface area contributed by atoms with Crippen LogP contribution in [0, 0.1) is 0 Å². The molecule has 1 unspecified atom stereocenters. The Morgan fingerprint density at radius 2 is 2.20 bits per heavy atom. The van der Waals surface area contributed by atoms with Gasteiger partial charge in [0.15, 0.2) is 30.0 Å². The molecule has 4 atom stereocenters. The molecular formula is C10H10FN5O4. The SMILES string of the molecule is Nc1ncnc2c1ncn2[C@@H]1OC(C(=O)O)[C@@H](O)[C@@H]1F. The van der Waals surface area contributed by atoms with Crippen LogP contribution in [0.4, 0.5) is 10.2 Å². The van der Waals surface area contributed by atoms with Crippen molar-refractivity contribution in [3.05, 3.63) is 12.7 Å². The van der Waals surface area contributed by atoms with Gasteiger partial charge in [0.05, 0.1) is 6.33 Å². The molecule has 0 saturated carbocycles. The highest BCUT2D eigenvalue weighted by Gasteiger charge is 2.49. The van der Waals surface area contributed by atoms with Crippen LogP contribution in [-0.4, -0.2) is 54.1 Å². The Morgan fingerprint density at radius 3 is 2.85 bits per heavy atom. The smallest absolute Gasteiger partial charge is 0.335 e. The Morgan fingerprint density at radius 1 is 1.45 bits per heavy atom. The van der Waals surface area contributed by atoms with Crippen molar-refractivity contribution < 1.29 is 24.1 Å². The number of carbonyl (C=O) groups is 1. The van der Waals surface area contributed by atoms with Crippen molar-refractivity contribution in [3.63, 3.8) is 0 Å². The highest BCUT2D eigenvalue weighted by molar-refractivity contribution is 5.81. The molecule has 106 valence electrons. The molecule has 3 rings (SSSR count). The molecule has 20 heavy (non-hydrogen) atoms. The molecule has 2 aromatic heterocycles. The maximum absolute atomic E-state index is 14.0. The Labute approximate surface area is 110 Å². The number of aliphatic hydroxyl groups is 1. The van der Waals surface area contributed by atoms with Crippen LogP contribution >= 0.6 is 0 Å². The van der Waals surface area contributed by atoms with Crippen molar-refractivity contribution in [2.45, 2.75) is 24.6 Å². The minimum atomic E-state index is -1.93. The van der Waals surface area contributed by atoms with Crippen LogP contribution in [0.3, 0.4) is 0 Å². The minimum absolute atomic E-state index is 0.109. The van der Waals surface area contributed by atoms with Crippen LogP contribution in [0.5, 0.6) is 0 Å². The van der Waals surface area contributed by atoms with E-state index in [2.05, 4.69) is 15.0 Å². The monoisotopic (exact) mass is 283 g/mol. The number of fused-ring (bicyclic) bond motifs is 1. The van der Waals surface area contributed by atoms with Crippen molar-refractivity contribution in [2.75, 3.05) is 5.73 Å². The maximum Gasteiger partial charge on any atom is 0.335 e. The third-order valence-corrected chi connectivity index (χ3v) is 3.10. The van der Waals surface area contributed by atoms with Crippen LogP contribution in [0.25, 0.3) is 11.2 Å². The molecule has 9 nitrogen and oxygen atoms in total. The van der Waals surface area contributed by atoms with Crippen LogP contribution in [0.2, 0.25) is 0 Å². The second kappa shape index (κ2) is 4.35. The highest BCUT2D eigenvalue weighted by Crippen LogP contribution is 2.33. The minimum Gasteiger partial charge on any atom is -0.479 e. The van der Waals surface area contributed by atoms with Gasteiger partial charge in [0.2, 0.25) is 0 Å². The summed E-state index contributed by atoms with van der Waals surface area (Å²) in [6.45, 7) is 0. The number of nitrogens with two attached hydrogens (primary N) is 1. The van der Waals surface area contributed by atoms with Gasteiger partial charge in [0, 0.05) is 0 Å². The van der Waals surface area contributed by atoms with E-state index in [-0.39, 0.29) is 17.0 Å². The van der Waals surface area contributed by atoms with E-state index in [0.29, 0.717) is 0 Å². The summed E-state index contributed by atoms with van der Waals surface area (Å²) in [4.78, 5) is 22.4. The number of carboxylic acids is 1. The third-order valence-electron chi connectivity index (χ3n) is 3.10. The number of imidazole rings is 1. The molecule has 2 aromatic rings. The second-order valence-corrected chi connectivity index (χ2v) is 4.30. The molecule has 1 aliphatic heterocycles. The normalized spacial score (nSPS) is 29.9. The molecule has 1 fully saturated rings. The number of alkyl halides is 1. The summed E-state index contributed by atoms with van der Waals surface area (Å²) < 4.78 is 20.2. The Hall–Kier alpha value is -2.33. The largest absolute Gasteiger partial charge is 0.479 e. The lowest BCUT2D eigenvalue weighted by Gasteiger charge is -2.14. The van der Waals surface area contributed by atoms with E-state index < -0.39 is 30.6 Å². The predicted molar refractivity (Wildman–Crippen MR) is 62.2 cm³/mol. The molecule has 0 bridgehead atoms. The van der Waals surface area contributed by atoms with Gasteiger partial charge in [-0.1, -0.05) is 0 Å². The summed E-state index contributed by atoms with van der Waals surface area (Å²) >= 11 is 0. The molecule has 0 aromatic carbocycles. The fourth-order valence-electron chi connectivity index (χ4n) is 2.12. The van der Waals surface area contributed by atoms with Gasteiger partial charge < -0.3 is 20.7 Å². The van der Waals surface area contributed by atoms with Crippen molar-refractivity contribution in [3.8, 4) is 0 Å². The molecular weight excluding hydrogens is 273 g/mol. The van der Waals surface area contributed by atoms with Gasteiger partial charge in [0.25, 0.3) is 0 Å². The zero-order chi connectivity index (χ0) is 14.4. The van der Waals surface area contributed by atoms with Crippen molar-refractivity contribution in [1.29, 1.82) is 0 Å². The number of halogens is 1. The molecule has 0 spiro atoms. The first-order valence-corrected chi connectivity index (χ1v) is 5.64. The Balaban J connectivity index is 2.04. The van der Waals surface area contributed by atoms with Gasteiger partial charge in [-0.15, -0.1) is 0 Å². The average Bonchev–Trinajstić information content (AvgIpc) is 2.94. The number of nitrogens with zero attached hydrogens (tertiary/aromatic N) is 4. The standard InChI is InChI=1S/C10H10FN5O4/c11-3-5(17)6(10(18)19)20-9(3)16-2-15-4-7(12)13-1-14-8(4)16/h1-3,5-6,9,17H,(H,18,19)(H2,12,13,14)/t3-,5-,6?,9+/m0/s1. The fourth-order valence-corrected chi connectivity index (χ4v) is 2.12. The van der Waals surface area contributed by atoms with E-state index in [0.717, 1.165) is 0 Å². The van der Waals surface area contributed by atoms with Crippen LogP contribution in [-0.2, 0) is 9.53 Å². The predicted octanol–water partition coefficient (Wildman–Crippen LogP) is -0.910. The lowest BCUT2D eigenvalue weighted by Crippen LogP contribution is -2.34. The number of nitrogen functional groups attached to an aromatic ring is 1. The van der Waals surface area contributed by atoms with E-state index in [9.17, 15) is 14.3 Å². The van der Waals surface area contributed by atoms with Crippen molar-refractivity contribution in [2.24, 2.45) is 0 Å². The van der Waals surface area contributed by atoms with Crippen molar-refractivity contribution >= 4 is 23.0 Å². The van der Waals surface area contributed by atoms with E-state index >= 15 is 0 Å². The van der Waals surface area contributed by atoms with Gasteiger partial charge in [-0.05, 0) is 0 Å². The number of carboxylic acid groups (broad SMARTS) is 1. The number of rotatable bonds is 2. The number of hydrogen-bond donors (Lipinski definition) is 3. The second-order valence-electron chi connectivity index (χ2n) is 4.30. The third kappa shape index (κ3) is 1.69. The topological polar surface area (TPSA) is 136 Å². The number of aliphatic carboxylic acids is 1. The quantitative estimate of drug-likeness (QED) is 0.644. The molecule has 0 amide bonds. The van der Waals surface area contributed by atoms with Gasteiger partial charge in [-0.25, -0.2) is 24.1 Å². The summed E-state index contributed by atoms with van der Waals surface area (Å²) in [7, 11) is 0. The molecule has 10 heteroatoms. The van der Waals surface area contributed by atoms with E-state index in [1.807, 2.05) is 0 Å². The zero-order valence-electron chi connectivity index (χ0n) is 9.92. The summed E-state index contributed by atoms with van der Waals surface area (Å²) in [5.41, 5.74) is 6.05. The van der Waals surface area contributed by atoms with Crippen molar-refractivity contribution in [1.82, 2.24) is 19.5 Å². The molecule has 0 aliphatic carbocycles. The number of hydrogen-bond acceptors (Lipinski definition) is 7. The molecule has 4 N–H and O–H groups in total. The number of ether oxygens (including phenoxy) is 1. The number of aliphatic hydroxyl groups excluding tert-OH is 1. The van der Waals surface area contributed by atoms with Crippen LogP contribution in [0.15, 0.2) is 12.7 Å². The first-order valence-electron chi connectivity index (χ1n) is 5.64. The van der Waals surface area contributed by atoms with E-state index in [4.69, 9.17) is 15.6 Å². The molecule has 3 heterocycles. The van der Waals surface area contributed by atoms with Crippen LogP contribution < -0.4 is 5.73 Å². The first-order chi connectivity index (χ1) is 9.50. The van der Waals surface area contributed by atoms with Crippen LogP contribution in [0.1, 0.15) is 6.23 Å². The molecule has 1 saturated heterocycles. The Bertz CT molecular complexity index is 677. The van der Waals surface area contributed by atoms with Gasteiger partial charge in [-0.3, -0.25) is 4.57 Å². The lowest BCUT2D eigenvalue weighted by atomic mass is 10.1. The van der Waals surface area contributed by atoms with Gasteiger partial charge in [-0.2, -0.15) is 0 Å². The number of aromatic nitrogens is 4. The zero-order valence-corrected chi connectivity index (χ0v) is 9.92. The van der Waals surface area contributed by atoms with E-state index in [1.54, 1.807) is 0 Å². The Kier molecular flexibility index (Phi) is 2.76. The number of anilines is 1. The van der Waals surface area contributed by atoms with Gasteiger partial charge in [0.1, 0.15) is 17.9 Å². The lowest BCUT2D eigenvalue weighted by molar-refractivity contribution is -0.155. The first kappa shape index (κ1) is 12.7. The summed E-state index contributed by atoms with van der Waals surface area (Å²) in [6.07, 6.45) is -4.30. The maximum atomic E-state index is 14.0. The van der Waals surface area contributed by atoms with Gasteiger partial charge >= 0.3 is 5.97 Å². The molecule has 0 radical (unpaired) electrons. The average molecular weight is 283 g/mol. The molecule has 1 aliphatic rings. The summed E-state index contributed by atoms with van der Waals surface area (Å²) in [5, 5.41) is 18.4. The van der Waals surface area contributed by atoms with E-state index in [1.165, 1.54) is 17.2 Å². The fraction of sp³-hybridized carbons (Fsp3) is 0.400. The highest BCUT2D eigenvalue weighted by atomic mass is 19.1. The summed E-state index contributed by atoms with van der Waals surface area (Å²) in [5.74, 6) is -1.33. The summed E-state index contributed by atoms with van der Waals surface area (Å²) in [6, 6.07) is 0.